The molecule has 0 spiro atoms. The third-order valence-electron chi connectivity index (χ3n) is 3.32. The highest BCUT2D eigenvalue weighted by Gasteiger charge is 2.22. The van der Waals surface area contributed by atoms with Gasteiger partial charge in [0.2, 0.25) is 0 Å². The van der Waals surface area contributed by atoms with Crippen molar-refractivity contribution < 1.29 is 13.9 Å². The summed E-state index contributed by atoms with van der Waals surface area (Å²) in [6, 6.07) is 9.80. The Balaban J connectivity index is 2.60. The van der Waals surface area contributed by atoms with E-state index in [4.69, 9.17) is 15.3 Å². The Morgan fingerprint density at radius 3 is 2.19 bits per heavy atom. The fourth-order valence-corrected chi connectivity index (χ4v) is 2.44. The van der Waals surface area contributed by atoms with E-state index < -0.39 is 6.04 Å². The van der Waals surface area contributed by atoms with Crippen LogP contribution in [0.15, 0.2) is 36.4 Å². The summed E-state index contributed by atoms with van der Waals surface area (Å²) in [4.78, 5) is 0. The van der Waals surface area contributed by atoms with Crippen molar-refractivity contribution in [2.24, 2.45) is 5.84 Å². The Morgan fingerprint density at radius 2 is 1.71 bits per heavy atom. The van der Waals surface area contributed by atoms with Gasteiger partial charge in [-0.2, -0.15) is 0 Å². The van der Waals surface area contributed by atoms with Crippen LogP contribution < -0.4 is 20.7 Å². The monoisotopic (exact) mass is 290 g/mol. The Hall–Kier alpha value is -2.11. The summed E-state index contributed by atoms with van der Waals surface area (Å²) in [5.74, 6) is 6.64. The van der Waals surface area contributed by atoms with Crippen LogP contribution in [0, 0.1) is 12.7 Å². The molecule has 0 radical (unpaired) electrons. The summed E-state index contributed by atoms with van der Waals surface area (Å²) < 4.78 is 24.4. The van der Waals surface area contributed by atoms with Gasteiger partial charge in [0, 0.05) is 0 Å². The molecular formula is C16H19FN2O2. The van der Waals surface area contributed by atoms with Crippen molar-refractivity contribution in [2.45, 2.75) is 13.0 Å². The first kappa shape index (κ1) is 15.3. The first-order valence-corrected chi connectivity index (χ1v) is 6.54. The number of methoxy groups -OCH3 is 2. The molecule has 21 heavy (non-hydrogen) atoms. The molecule has 2 aromatic rings. The second kappa shape index (κ2) is 6.56. The largest absolute Gasteiger partial charge is 0.496 e. The van der Waals surface area contributed by atoms with Crippen LogP contribution in [0.25, 0.3) is 0 Å². The fraction of sp³-hybridized carbons (Fsp3) is 0.250. The van der Waals surface area contributed by atoms with Crippen LogP contribution in [-0.2, 0) is 0 Å². The standard InChI is InChI=1S/C16H19FN2O2/c1-10-7-11(9-12(17)8-10)16(19-18)15-13(20-2)5-4-6-14(15)21-3/h4-9,16,19H,18H2,1-3H3. The average molecular weight is 290 g/mol. The second-order valence-corrected chi connectivity index (χ2v) is 4.74. The van der Waals surface area contributed by atoms with Gasteiger partial charge in [-0.3, -0.25) is 5.84 Å². The van der Waals surface area contributed by atoms with Gasteiger partial charge in [-0.15, -0.1) is 0 Å². The first-order chi connectivity index (χ1) is 10.1. The predicted octanol–water partition coefficient (Wildman–Crippen LogP) is 2.70. The molecule has 1 atom stereocenters. The van der Waals surface area contributed by atoms with E-state index in [1.807, 2.05) is 31.2 Å². The Labute approximate surface area is 123 Å². The van der Waals surface area contributed by atoms with E-state index in [2.05, 4.69) is 5.43 Å². The van der Waals surface area contributed by atoms with E-state index in [-0.39, 0.29) is 5.82 Å². The van der Waals surface area contributed by atoms with Crippen LogP contribution in [0.4, 0.5) is 4.39 Å². The number of nitrogens with two attached hydrogens (primary N) is 1. The molecule has 0 aromatic heterocycles. The number of benzene rings is 2. The lowest BCUT2D eigenvalue weighted by Crippen LogP contribution is -2.29. The topological polar surface area (TPSA) is 56.5 Å². The lowest BCUT2D eigenvalue weighted by molar-refractivity contribution is 0.377. The van der Waals surface area contributed by atoms with Gasteiger partial charge >= 0.3 is 0 Å². The number of hydrogen-bond acceptors (Lipinski definition) is 4. The minimum Gasteiger partial charge on any atom is -0.496 e. The number of rotatable bonds is 5. The van der Waals surface area contributed by atoms with Gasteiger partial charge in [-0.1, -0.05) is 12.1 Å². The van der Waals surface area contributed by atoms with E-state index in [9.17, 15) is 4.39 Å². The molecule has 3 N–H and O–H groups in total. The number of halogens is 1. The quantitative estimate of drug-likeness (QED) is 0.656. The number of ether oxygens (including phenoxy) is 2. The molecule has 0 aliphatic rings. The number of aryl methyl sites for hydroxylation is 1. The maximum absolute atomic E-state index is 13.7. The molecule has 0 saturated carbocycles. The maximum atomic E-state index is 13.7. The van der Waals surface area contributed by atoms with Crippen LogP contribution in [0.5, 0.6) is 11.5 Å². The SMILES string of the molecule is COc1cccc(OC)c1C(NN)c1cc(C)cc(F)c1. The van der Waals surface area contributed by atoms with Gasteiger partial charge in [0.25, 0.3) is 0 Å². The Kier molecular flexibility index (Phi) is 4.77. The van der Waals surface area contributed by atoms with Crippen LogP contribution in [0.3, 0.4) is 0 Å². The third kappa shape index (κ3) is 3.15. The highest BCUT2D eigenvalue weighted by Crippen LogP contribution is 2.37. The zero-order valence-electron chi connectivity index (χ0n) is 12.3. The maximum Gasteiger partial charge on any atom is 0.127 e. The number of hydrogen-bond donors (Lipinski definition) is 2. The van der Waals surface area contributed by atoms with Crippen molar-refractivity contribution >= 4 is 0 Å². The molecule has 0 heterocycles. The normalized spacial score (nSPS) is 12.0. The highest BCUT2D eigenvalue weighted by molar-refractivity contribution is 5.50. The fourth-order valence-electron chi connectivity index (χ4n) is 2.44. The van der Waals surface area contributed by atoms with Crippen LogP contribution in [-0.4, -0.2) is 14.2 Å². The molecular weight excluding hydrogens is 271 g/mol. The minimum absolute atomic E-state index is 0.306. The highest BCUT2D eigenvalue weighted by atomic mass is 19.1. The molecule has 4 nitrogen and oxygen atoms in total. The summed E-state index contributed by atoms with van der Waals surface area (Å²) in [6.07, 6.45) is 0. The van der Waals surface area contributed by atoms with Crippen molar-refractivity contribution in [3.05, 3.63) is 58.9 Å². The summed E-state index contributed by atoms with van der Waals surface area (Å²) in [6.45, 7) is 1.83. The number of hydrazine groups is 1. The predicted molar refractivity (Wildman–Crippen MR) is 79.8 cm³/mol. The van der Waals surface area contributed by atoms with Crippen molar-refractivity contribution in [1.82, 2.24) is 5.43 Å². The lowest BCUT2D eigenvalue weighted by atomic mass is 9.96. The zero-order valence-corrected chi connectivity index (χ0v) is 12.3. The molecule has 0 fully saturated rings. The summed E-state index contributed by atoms with van der Waals surface area (Å²) in [5, 5.41) is 0. The molecule has 0 saturated heterocycles. The molecule has 0 aliphatic heterocycles. The van der Waals surface area contributed by atoms with Crippen LogP contribution in [0.1, 0.15) is 22.7 Å². The molecule has 0 bridgehead atoms. The second-order valence-electron chi connectivity index (χ2n) is 4.74. The van der Waals surface area contributed by atoms with Gasteiger partial charge in [0.15, 0.2) is 0 Å². The van der Waals surface area contributed by atoms with E-state index >= 15 is 0 Å². The summed E-state index contributed by atoms with van der Waals surface area (Å²) in [7, 11) is 3.14. The minimum atomic E-state index is -0.439. The summed E-state index contributed by atoms with van der Waals surface area (Å²) >= 11 is 0. The van der Waals surface area contributed by atoms with Crippen molar-refractivity contribution in [2.75, 3.05) is 14.2 Å². The smallest absolute Gasteiger partial charge is 0.127 e. The molecule has 1 unspecified atom stereocenters. The zero-order chi connectivity index (χ0) is 15.4. The number of nitrogens with one attached hydrogen (secondary N) is 1. The molecule has 0 amide bonds. The van der Waals surface area contributed by atoms with Crippen molar-refractivity contribution in [3.8, 4) is 11.5 Å². The molecule has 2 aromatic carbocycles. The third-order valence-corrected chi connectivity index (χ3v) is 3.32. The molecule has 112 valence electrons. The van der Waals surface area contributed by atoms with Gasteiger partial charge in [-0.05, 0) is 42.3 Å². The van der Waals surface area contributed by atoms with E-state index in [1.165, 1.54) is 12.1 Å². The van der Waals surface area contributed by atoms with E-state index in [0.29, 0.717) is 17.1 Å². The molecule has 2 rings (SSSR count). The average Bonchev–Trinajstić information content (AvgIpc) is 2.47. The van der Waals surface area contributed by atoms with Crippen LogP contribution in [0.2, 0.25) is 0 Å². The molecule has 0 aliphatic carbocycles. The Morgan fingerprint density at radius 1 is 1.10 bits per heavy atom. The van der Waals surface area contributed by atoms with E-state index in [0.717, 1.165) is 11.1 Å². The van der Waals surface area contributed by atoms with E-state index in [1.54, 1.807) is 14.2 Å². The Bertz CT molecular complexity index is 589. The van der Waals surface area contributed by atoms with Crippen LogP contribution >= 0.6 is 0 Å². The van der Waals surface area contributed by atoms with Crippen molar-refractivity contribution in [1.29, 1.82) is 0 Å². The van der Waals surface area contributed by atoms with Gasteiger partial charge < -0.3 is 9.47 Å². The van der Waals surface area contributed by atoms with Gasteiger partial charge in [-0.25, -0.2) is 9.82 Å². The van der Waals surface area contributed by atoms with Gasteiger partial charge in [0.05, 0.1) is 25.8 Å². The lowest BCUT2D eigenvalue weighted by Gasteiger charge is -2.22. The van der Waals surface area contributed by atoms with Gasteiger partial charge in [0.1, 0.15) is 17.3 Å². The van der Waals surface area contributed by atoms with Crippen molar-refractivity contribution in [3.63, 3.8) is 0 Å². The summed E-state index contributed by atoms with van der Waals surface area (Å²) in [5.41, 5.74) is 4.97. The molecule has 5 heteroatoms. The first-order valence-electron chi connectivity index (χ1n) is 6.54.